The Labute approximate surface area is 283 Å². The molecular weight excluding hydrogens is 624 g/mol. The van der Waals surface area contributed by atoms with Gasteiger partial charge in [-0.1, -0.05) is 24.3 Å². The molecule has 5 aromatic rings. The van der Waals surface area contributed by atoms with Crippen molar-refractivity contribution in [3.8, 4) is 39.9 Å². The topological polar surface area (TPSA) is 140 Å². The predicted molar refractivity (Wildman–Crippen MR) is 184 cm³/mol. The first-order chi connectivity index (χ1) is 23.8. The molecule has 0 fully saturated rings. The molecule has 11 nitrogen and oxygen atoms in total. The smallest absolute Gasteiger partial charge is 0.338 e. The molecule has 0 saturated carbocycles. The van der Waals surface area contributed by atoms with E-state index >= 15 is 0 Å². The molecule has 0 aliphatic rings. The van der Waals surface area contributed by atoms with Crippen LogP contribution in [-0.2, 0) is 14.2 Å². The minimum Gasteiger partial charge on any atom is -0.497 e. The van der Waals surface area contributed by atoms with Crippen LogP contribution in [0.4, 0.5) is 0 Å². The van der Waals surface area contributed by atoms with E-state index in [4.69, 9.17) is 28.9 Å². The Bertz CT molecular complexity index is 2010. The van der Waals surface area contributed by atoms with Gasteiger partial charge in [-0.05, 0) is 92.6 Å². The lowest BCUT2D eigenvalue weighted by Gasteiger charge is -2.11. The van der Waals surface area contributed by atoms with Gasteiger partial charge in [0.05, 0.1) is 77.8 Å². The number of hydrogen-bond acceptors (Lipinski definition) is 11. The van der Waals surface area contributed by atoms with Crippen molar-refractivity contribution in [3.63, 3.8) is 0 Å². The third-order valence-corrected chi connectivity index (χ3v) is 7.10. The van der Waals surface area contributed by atoms with Crippen LogP contribution in [0, 0.1) is 0 Å². The van der Waals surface area contributed by atoms with Crippen LogP contribution in [0.15, 0.2) is 85.2 Å². The molecule has 0 N–H and O–H groups in total. The van der Waals surface area contributed by atoms with Crippen LogP contribution in [-0.4, -0.2) is 64.8 Å². The zero-order valence-electron chi connectivity index (χ0n) is 27.5. The molecule has 4 aromatic heterocycles. The van der Waals surface area contributed by atoms with Crippen molar-refractivity contribution in [3.05, 3.63) is 113 Å². The molecule has 0 radical (unpaired) electrons. The molecular formula is C38H34N4O7. The van der Waals surface area contributed by atoms with Crippen LogP contribution < -0.4 is 4.74 Å². The van der Waals surface area contributed by atoms with Crippen LogP contribution in [0.3, 0.4) is 0 Å². The van der Waals surface area contributed by atoms with E-state index in [9.17, 15) is 14.4 Å². The van der Waals surface area contributed by atoms with Crippen molar-refractivity contribution >= 4 is 30.1 Å². The Morgan fingerprint density at radius 2 is 0.939 bits per heavy atom. The number of hydrogen-bond donors (Lipinski definition) is 0. The van der Waals surface area contributed by atoms with Gasteiger partial charge in [0.15, 0.2) is 0 Å². The summed E-state index contributed by atoms with van der Waals surface area (Å²) in [7, 11) is 1.61. The Morgan fingerprint density at radius 3 is 1.43 bits per heavy atom. The molecule has 0 saturated heterocycles. The summed E-state index contributed by atoms with van der Waals surface area (Å²) >= 11 is 0. The van der Waals surface area contributed by atoms with E-state index in [0.29, 0.717) is 39.7 Å². The van der Waals surface area contributed by atoms with Gasteiger partial charge in [-0.25, -0.2) is 24.4 Å². The fraction of sp³-hybridized carbons (Fsp3) is 0.184. The fourth-order valence-corrected chi connectivity index (χ4v) is 4.77. The van der Waals surface area contributed by atoms with Crippen molar-refractivity contribution in [2.75, 3.05) is 26.9 Å². The maximum absolute atomic E-state index is 13.0. The molecule has 0 unspecified atom stereocenters. The third-order valence-electron chi connectivity index (χ3n) is 7.10. The summed E-state index contributed by atoms with van der Waals surface area (Å²) in [6, 6.07) is 20.7. The predicted octanol–water partition coefficient (Wildman–Crippen LogP) is 6.98. The number of methoxy groups -OCH3 is 1. The van der Waals surface area contributed by atoms with Crippen LogP contribution in [0.25, 0.3) is 46.3 Å². The highest BCUT2D eigenvalue weighted by Gasteiger charge is 2.18. The first-order valence-corrected chi connectivity index (χ1v) is 15.6. The van der Waals surface area contributed by atoms with Gasteiger partial charge >= 0.3 is 17.9 Å². The van der Waals surface area contributed by atoms with Crippen molar-refractivity contribution in [2.45, 2.75) is 20.8 Å². The molecule has 4 heterocycles. The summed E-state index contributed by atoms with van der Waals surface area (Å²) in [4.78, 5) is 56.7. The molecule has 0 aliphatic heterocycles. The highest BCUT2D eigenvalue weighted by Crippen LogP contribution is 2.28. The lowest BCUT2D eigenvalue weighted by atomic mass is 10.0. The van der Waals surface area contributed by atoms with Crippen LogP contribution in [0.1, 0.15) is 63.0 Å². The monoisotopic (exact) mass is 658 g/mol. The van der Waals surface area contributed by atoms with Gasteiger partial charge in [0.2, 0.25) is 0 Å². The quantitative estimate of drug-likeness (QED) is 0.101. The number of ether oxygens (including phenoxy) is 4. The first-order valence-electron chi connectivity index (χ1n) is 15.6. The van der Waals surface area contributed by atoms with E-state index in [-0.39, 0.29) is 30.9 Å². The second kappa shape index (κ2) is 16.1. The zero-order valence-corrected chi connectivity index (χ0v) is 27.5. The Balaban J connectivity index is 1.67. The van der Waals surface area contributed by atoms with Crippen molar-refractivity contribution < 1.29 is 33.3 Å². The number of pyridine rings is 4. The van der Waals surface area contributed by atoms with E-state index in [1.165, 1.54) is 12.4 Å². The Kier molecular flexibility index (Phi) is 11.2. The van der Waals surface area contributed by atoms with Gasteiger partial charge < -0.3 is 18.9 Å². The van der Waals surface area contributed by atoms with E-state index in [1.807, 2.05) is 48.6 Å². The second-order valence-electron chi connectivity index (χ2n) is 10.4. The average Bonchev–Trinajstić information content (AvgIpc) is 3.14. The van der Waals surface area contributed by atoms with E-state index in [0.717, 1.165) is 16.9 Å². The van der Waals surface area contributed by atoms with E-state index in [2.05, 4.69) is 9.97 Å². The number of carbonyl (C=O) groups is 3. The molecule has 5 rings (SSSR count). The van der Waals surface area contributed by atoms with Crippen LogP contribution in [0.2, 0.25) is 0 Å². The largest absolute Gasteiger partial charge is 0.497 e. The number of esters is 3. The minimum atomic E-state index is -0.562. The molecule has 1 aromatic carbocycles. The van der Waals surface area contributed by atoms with Gasteiger partial charge in [-0.2, -0.15) is 0 Å². The Hall–Kier alpha value is -6.23. The van der Waals surface area contributed by atoms with E-state index in [1.54, 1.807) is 64.3 Å². The minimum absolute atomic E-state index is 0.166. The average molecular weight is 659 g/mol. The number of benzene rings is 1. The maximum atomic E-state index is 13.0. The lowest BCUT2D eigenvalue weighted by molar-refractivity contribution is 0.0516. The van der Waals surface area contributed by atoms with Gasteiger partial charge in [-0.3, -0.25) is 9.97 Å². The summed E-state index contributed by atoms with van der Waals surface area (Å²) in [5, 5.41) is 0. The van der Waals surface area contributed by atoms with Crippen molar-refractivity contribution in [1.29, 1.82) is 0 Å². The molecule has 0 atom stereocenters. The Morgan fingerprint density at radius 1 is 0.531 bits per heavy atom. The van der Waals surface area contributed by atoms with Crippen molar-refractivity contribution in [1.82, 2.24) is 19.9 Å². The molecule has 0 amide bonds. The SMILES string of the molecule is CCOC(=O)c1ccnc(-c2cc(C=Cc3ccc(OC)cc3)cc(-c3cc(C(=O)OCC)cc(-c4cc(C(=O)OCC)ccn4)n3)n2)c1. The third kappa shape index (κ3) is 8.58. The number of carbonyl (C=O) groups excluding carboxylic acids is 3. The number of rotatable bonds is 12. The summed E-state index contributed by atoms with van der Waals surface area (Å²) in [6.45, 7) is 5.79. The zero-order chi connectivity index (χ0) is 34.8. The second-order valence-corrected chi connectivity index (χ2v) is 10.4. The first kappa shape index (κ1) is 34.1. The number of nitrogens with zero attached hydrogens (tertiary/aromatic N) is 4. The highest BCUT2D eigenvalue weighted by molar-refractivity contribution is 5.93. The maximum Gasteiger partial charge on any atom is 0.338 e. The molecule has 0 spiro atoms. The molecule has 0 bridgehead atoms. The van der Waals surface area contributed by atoms with Crippen LogP contribution >= 0.6 is 0 Å². The van der Waals surface area contributed by atoms with Gasteiger partial charge in [-0.15, -0.1) is 0 Å². The fourth-order valence-electron chi connectivity index (χ4n) is 4.77. The van der Waals surface area contributed by atoms with E-state index < -0.39 is 17.9 Å². The lowest BCUT2D eigenvalue weighted by Crippen LogP contribution is -2.08. The molecule has 11 heteroatoms. The molecule has 49 heavy (non-hydrogen) atoms. The molecule has 0 aliphatic carbocycles. The van der Waals surface area contributed by atoms with Crippen molar-refractivity contribution in [2.24, 2.45) is 0 Å². The summed E-state index contributed by atoms with van der Waals surface area (Å²) < 4.78 is 20.9. The molecule has 248 valence electrons. The summed E-state index contributed by atoms with van der Waals surface area (Å²) in [5.41, 5.74) is 4.79. The number of aromatic nitrogens is 4. The van der Waals surface area contributed by atoms with Gasteiger partial charge in [0, 0.05) is 12.4 Å². The normalized spacial score (nSPS) is 10.9. The highest BCUT2D eigenvalue weighted by atomic mass is 16.5. The van der Waals surface area contributed by atoms with Crippen LogP contribution in [0.5, 0.6) is 5.75 Å². The van der Waals surface area contributed by atoms with Gasteiger partial charge in [0.1, 0.15) is 5.75 Å². The summed E-state index contributed by atoms with van der Waals surface area (Å²) in [6.07, 6.45) is 6.83. The van der Waals surface area contributed by atoms with Gasteiger partial charge in [0.25, 0.3) is 0 Å². The standard InChI is InChI=1S/C38H34N4O7/c1-5-47-36(43)26-14-16-39-30(20-26)32-18-25(9-8-24-10-12-29(46-4)13-11-24)19-33(41-32)35-23-28(38(45)49-7-3)22-34(42-35)31-21-27(15-17-40-31)37(44)48-6-2/h8-23H,5-7H2,1-4H3. The summed E-state index contributed by atoms with van der Waals surface area (Å²) in [5.74, 6) is -0.807.